The third kappa shape index (κ3) is 2.09. The molecule has 0 fully saturated rings. The molecule has 0 aliphatic carbocycles. The van der Waals surface area contributed by atoms with Crippen LogP contribution in [0.1, 0.15) is 11.4 Å². The molecule has 0 unspecified atom stereocenters. The largest absolute Gasteiger partial charge is 0.384 e. The maximum Gasteiger partial charge on any atom is 0.146 e. The molecule has 3 aromatic rings. The van der Waals surface area contributed by atoms with Gasteiger partial charge in [-0.05, 0) is 36.6 Å². The van der Waals surface area contributed by atoms with E-state index < -0.39 is 0 Å². The number of aryl methyl sites for hydroxylation is 2. The number of anilines is 2. The molecule has 0 saturated heterocycles. The van der Waals surface area contributed by atoms with Gasteiger partial charge < -0.3 is 15.6 Å². The van der Waals surface area contributed by atoms with Gasteiger partial charge in [-0.1, -0.05) is 6.07 Å². The Morgan fingerprint density at radius 2 is 2.09 bits per heavy atom. The van der Waals surface area contributed by atoms with Gasteiger partial charge >= 0.3 is 0 Å². The van der Waals surface area contributed by atoms with E-state index in [0.29, 0.717) is 11.6 Å². The lowest BCUT2D eigenvalue weighted by molar-refractivity contribution is 0.933. The van der Waals surface area contributed by atoms with E-state index in [4.69, 9.17) is 5.73 Å². The van der Waals surface area contributed by atoms with Crippen molar-refractivity contribution in [2.45, 2.75) is 13.3 Å². The van der Waals surface area contributed by atoms with Crippen LogP contribution in [0.4, 0.5) is 11.5 Å². The number of aromatic nitrogens is 3. The van der Waals surface area contributed by atoms with E-state index >= 15 is 0 Å². The molecule has 0 saturated carbocycles. The fourth-order valence-corrected chi connectivity index (χ4v) is 3.10. The van der Waals surface area contributed by atoms with Crippen molar-refractivity contribution in [1.29, 1.82) is 0 Å². The van der Waals surface area contributed by atoms with Crippen molar-refractivity contribution in [2.75, 3.05) is 17.6 Å². The number of nitrogens with two attached hydrogens (primary N) is 1. The lowest BCUT2D eigenvalue weighted by Crippen LogP contribution is -1.98. The van der Waals surface area contributed by atoms with Crippen molar-refractivity contribution >= 4 is 34.9 Å². The summed E-state index contributed by atoms with van der Waals surface area (Å²) in [6, 6.07) is 6.51. The highest BCUT2D eigenvalue weighted by molar-refractivity contribution is 6.01. The minimum Gasteiger partial charge on any atom is -0.384 e. The lowest BCUT2D eigenvalue weighted by Gasteiger charge is -2.05. The molecular formula is C16H18ClN5. The number of hydrogen-bond acceptors (Lipinski definition) is 4. The third-order valence-electron chi connectivity index (χ3n) is 4.08. The summed E-state index contributed by atoms with van der Waals surface area (Å²) in [7, 11) is 1.99. The number of rotatable bonds is 1. The SMILES string of the molecule is Cc1nc(N)c2c(-c3ccc4c(c3)CCN4)cn(C)c2n1.Cl. The topological polar surface area (TPSA) is 68.8 Å². The standard InChI is InChI=1S/C16H17N5.ClH/c1-9-19-15(17)14-12(8-21(2)16(14)20-9)10-3-4-13-11(7-10)5-6-18-13;/h3-4,7-8,18H,5-6H2,1-2H3,(H2,17,19,20);1H. The number of halogens is 1. The molecule has 0 radical (unpaired) electrons. The van der Waals surface area contributed by atoms with Crippen LogP contribution in [0.3, 0.4) is 0 Å². The van der Waals surface area contributed by atoms with Gasteiger partial charge in [-0.15, -0.1) is 12.4 Å². The second-order valence-corrected chi connectivity index (χ2v) is 5.56. The summed E-state index contributed by atoms with van der Waals surface area (Å²) in [4.78, 5) is 8.83. The van der Waals surface area contributed by atoms with Crippen molar-refractivity contribution in [1.82, 2.24) is 14.5 Å². The molecule has 0 spiro atoms. The molecule has 3 N–H and O–H groups in total. The van der Waals surface area contributed by atoms with Crippen molar-refractivity contribution in [3.05, 3.63) is 35.8 Å². The third-order valence-corrected chi connectivity index (χ3v) is 4.08. The Labute approximate surface area is 135 Å². The molecule has 6 heteroatoms. The molecule has 114 valence electrons. The van der Waals surface area contributed by atoms with Crippen molar-refractivity contribution in [2.24, 2.45) is 7.05 Å². The Hall–Kier alpha value is -2.27. The molecule has 5 nitrogen and oxygen atoms in total. The summed E-state index contributed by atoms with van der Waals surface area (Å²) in [5, 5.41) is 4.32. The lowest BCUT2D eigenvalue weighted by atomic mass is 10.0. The minimum atomic E-state index is 0. The van der Waals surface area contributed by atoms with E-state index in [2.05, 4.69) is 39.7 Å². The van der Waals surface area contributed by atoms with Crippen LogP contribution in [0.25, 0.3) is 22.2 Å². The molecule has 1 aromatic carbocycles. The first-order valence-corrected chi connectivity index (χ1v) is 7.10. The molecule has 0 amide bonds. The van der Waals surface area contributed by atoms with Crippen LogP contribution in [0.5, 0.6) is 0 Å². The minimum absolute atomic E-state index is 0. The van der Waals surface area contributed by atoms with Gasteiger partial charge in [0.25, 0.3) is 0 Å². The highest BCUT2D eigenvalue weighted by Gasteiger charge is 2.17. The predicted octanol–water partition coefficient (Wildman–Crippen LogP) is 2.92. The number of hydrogen-bond donors (Lipinski definition) is 2. The number of nitrogens with zero attached hydrogens (tertiary/aromatic N) is 3. The molecule has 0 atom stereocenters. The Morgan fingerprint density at radius 1 is 1.27 bits per heavy atom. The van der Waals surface area contributed by atoms with Crippen LogP contribution in [-0.4, -0.2) is 21.1 Å². The van der Waals surface area contributed by atoms with Gasteiger partial charge in [0.15, 0.2) is 0 Å². The molecular weight excluding hydrogens is 298 g/mol. The summed E-state index contributed by atoms with van der Waals surface area (Å²) < 4.78 is 2.02. The zero-order chi connectivity index (χ0) is 14.6. The average Bonchev–Trinajstić information content (AvgIpc) is 3.03. The Bertz CT molecular complexity index is 869. The van der Waals surface area contributed by atoms with Gasteiger partial charge in [0.2, 0.25) is 0 Å². The summed E-state index contributed by atoms with van der Waals surface area (Å²) >= 11 is 0. The highest BCUT2D eigenvalue weighted by Crippen LogP contribution is 2.35. The van der Waals surface area contributed by atoms with Crippen LogP contribution in [0.2, 0.25) is 0 Å². The molecule has 4 rings (SSSR count). The zero-order valence-electron chi connectivity index (χ0n) is 12.6. The van der Waals surface area contributed by atoms with E-state index in [1.165, 1.54) is 16.8 Å². The quantitative estimate of drug-likeness (QED) is 0.724. The van der Waals surface area contributed by atoms with E-state index in [-0.39, 0.29) is 12.4 Å². The maximum absolute atomic E-state index is 6.14. The number of nitrogen functional groups attached to an aromatic ring is 1. The first-order valence-electron chi connectivity index (χ1n) is 7.10. The molecule has 1 aliphatic heterocycles. The summed E-state index contributed by atoms with van der Waals surface area (Å²) in [5.41, 5.74) is 11.9. The van der Waals surface area contributed by atoms with Gasteiger partial charge in [-0.3, -0.25) is 0 Å². The fraction of sp³-hybridized carbons (Fsp3) is 0.250. The molecule has 1 aliphatic rings. The van der Waals surface area contributed by atoms with E-state index in [1.807, 2.05) is 18.5 Å². The van der Waals surface area contributed by atoms with Crippen LogP contribution in [0.15, 0.2) is 24.4 Å². The molecule has 3 heterocycles. The van der Waals surface area contributed by atoms with Crippen molar-refractivity contribution in [3.8, 4) is 11.1 Å². The smallest absolute Gasteiger partial charge is 0.146 e. The van der Waals surface area contributed by atoms with Gasteiger partial charge in [-0.25, -0.2) is 9.97 Å². The van der Waals surface area contributed by atoms with Crippen LogP contribution < -0.4 is 11.1 Å². The predicted molar refractivity (Wildman–Crippen MR) is 92.5 cm³/mol. The van der Waals surface area contributed by atoms with Crippen LogP contribution in [0, 0.1) is 6.92 Å². The van der Waals surface area contributed by atoms with Gasteiger partial charge in [-0.2, -0.15) is 0 Å². The average molecular weight is 316 g/mol. The van der Waals surface area contributed by atoms with Gasteiger partial charge in [0.1, 0.15) is 17.3 Å². The first kappa shape index (κ1) is 14.7. The molecule has 22 heavy (non-hydrogen) atoms. The van der Waals surface area contributed by atoms with Gasteiger partial charge in [0.05, 0.1) is 5.39 Å². The van der Waals surface area contributed by atoms with E-state index in [9.17, 15) is 0 Å². The second-order valence-electron chi connectivity index (χ2n) is 5.56. The van der Waals surface area contributed by atoms with Crippen LogP contribution in [-0.2, 0) is 13.5 Å². The maximum atomic E-state index is 6.14. The molecule has 2 aromatic heterocycles. The van der Waals surface area contributed by atoms with Crippen molar-refractivity contribution < 1.29 is 0 Å². The second kappa shape index (κ2) is 5.18. The Balaban J connectivity index is 0.00000144. The normalized spacial score (nSPS) is 12.8. The number of benzene rings is 1. The van der Waals surface area contributed by atoms with E-state index in [1.54, 1.807) is 0 Å². The fourth-order valence-electron chi connectivity index (χ4n) is 3.10. The van der Waals surface area contributed by atoms with E-state index in [0.717, 1.165) is 29.6 Å². The monoisotopic (exact) mass is 315 g/mol. The number of fused-ring (bicyclic) bond motifs is 2. The van der Waals surface area contributed by atoms with Crippen LogP contribution >= 0.6 is 12.4 Å². The molecule has 0 bridgehead atoms. The number of nitrogens with one attached hydrogen (secondary N) is 1. The zero-order valence-corrected chi connectivity index (χ0v) is 13.4. The Kier molecular flexibility index (Phi) is 3.45. The Morgan fingerprint density at radius 3 is 2.91 bits per heavy atom. The van der Waals surface area contributed by atoms with Crippen molar-refractivity contribution in [3.63, 3.8) is 0 Å². The summed E-state index contributed by atoms with van der Waals surface area (Å²) in [6.45, 7) is 2.88. The highest BCUT2D eigenvalue weighted by atomic mass is 35.5. The van der Waals surface area contributed by atoms with Gasteiger partial charge in [0, 0.05) is 31.0 Å². The summed E-state index contributed by atoms with van der Waals surface area (Å²) in [6.07, 6.45) is 3.15. The summed E-state index contributed by atoms with van der Waals surface area (Å²) in [5.74, 6) is 1.25. The first-order chi connectivity index (χ1) is 10.1.